The van der Waals surface area contributed by atoms with Crippen LogP contribution in [0.5, 0.6) is 0 Å². The number of nitrogens with zero attached hydrogens (tertiary/aromatic N) is 2. The molecule has 1 amide bonds. The molecule has 4 nitrogen and oxygen atoms in total. The van der Waals surface area contributed by atoms with Crippen molar-refractivity contribution in [3.05, 3.63) is 58.6 Å². The summed E-state index contributed by atoms with van der Waals surface area (Å²) in [6.45, 7) is 7.73. The van der Waals surface area contributed by atoms with Crippen molar-refractivity contribution in [3.63, 3.8) is 0 Å². The normalized spacial score (nSPS) is 17.5. The van der Waals surface area contributed by atoms with Gasteiger partial charge in [0.1, 0.15) is 5.01 Å². The number of para-hydroxylation sites is 2. The molecular weight excluding hydrogens is 366 g/mol. The number of thiazole rings is 1. The molecule has 146 valence electrons. The molecule has 1 atom stereocenters. The summed E-state index contributed by atoms with van der Waals surface area (Å²) < 4.78 is 1.22. The second kappa shape index (κ2) is 8.02. The summed E-state index contributed by atoms with van der Waals surface area (Å²) in [5.74, 6) is 0.432. The van der Waals surface area contributed by atoms with Gasteiger partial charge in [-0.3, -0.25) is 9.69 Å². The predicted molar refractivity (Wildman–Crippen MR) is 117 cm³/mol. The fourth-order valence-corrected chi connectivity index (χ4v) is 5.17. The number of nitrogens with one attached hydrogen (secondary N) is 1. The first-order valence-corrected chi connectivity index (χ1v) is 10.8. The van der Waals surface area contributed by atoms with Crippen molar-refractivity contribution < 1.29 is 4.79 Å². The Morgan fingerprint density at radius 3 is 2.86 bits per heavy atom. The maximum absolute atomic E-state index is 12.9. The number of amides is 1. The summed E-state index contributed by atoms with van der Waals surface area (Å²) in [7, 11) is 0. The number of hydrogen-bond acceptors (Lipinski definition) is 4. The molecule has 0 unspecified atom stereocenters. The molecule has 1 fully saturated rings. The minimum atomic E-state index is 0.0595. The molecule has 0 radical (unpaired) electrons. The van der Waals surface area contributed by atoms with E-state index in [1.807, 2.05) is 6.07 Å². The summed E-state index contributed by atoms with van der Waals surface area (Å²) >= 11 is 1.75. The fraction of sp³-hybridized carbons (Fsp3) is 0.391. The lowest BCUT2D eigenvalue weighted by atomic mass is 9.98. The number of aromatic nitrogens is 1. The van der Waals surface area contributed by atoms with Crippen LogP contribution in [0.15, 0.2) is 42.5 Å². The zero-order valence-corrected chi connectivity index (χ0v) is 17.6. The summed E-state index contributed by atoms with van der Waals surface area (Å²) in [6, 6.07) is 14.7. The van der Waals surface area contributed by atoms with Gasteiger partial charge in [0.15, 0.2) is 0 Å². The molecule has 0 bridgehead atoms. The molecule has 28 heavy (non-hydrogen) atoms. The first-order valence-electron chi connectivity index (χ1n) is 10.0. The Bertz CT molecular complexity index is 961. The highest BCUT2D eigenvalue weighted by atomic mass is 32.1. The highest BCUT2D eigenvalue weighted by Crippen LogP contribution is 2.36. The third kappa shape index (κ3) is 3.82. The first-order chi connectivity index (χ1) is 13.5. The Balaban J connectivity index is 1.50. The van der Waals surface area contributed by atoms with Crippen LogP contribution in [-0.4, -0.2) is 28.9 Å². The molecule has 5 heteroatoms. The number of carbonyl (C=O) groups is 1. The molecule has 2 heterocycles. The molecular formula is C23H27N3OS. The van der Waals surface area contributed by atoms with E-state index < -0.39 is 0 Å². The number of fused-ring (bicyclic) bond motifs is 1. The van der Waals surface area contributed by atoms with Crippen LogP contribution in [0.3, 0.4) is 0 Å². The standard InChI is InChI=1S/C23H27N3OS/c1-15(2)17-9-6-8-16(3)22(17)25-21(27)14-26-13-7-11-19(26)23-24-18-10-4-5-12-20(18)28-23/h4-6,8-10,12,15,19H,7,11,13-14H2,1-3H3,(H,25,27)/t19-/m1/s1. The van der Waals surface area contributed by atoms with E-state index in [0.717, 1.165) is 41.2 Å². The summed E-state index contributed by atoms with van der Waals surface area (Å²) in [5, 5.41) is 4.32. The van der Waals surface area contributed by atoms with Crippen molar-refractivity contribution in [1.82, 2.24) is 9.88 Å². The Kier molecular flexibility index (Phi) is 5.47. The molecule has 1 aliphatic heterocycles. The summed E-state index contributed by atoms with van der Waals surface area (Å²) in [5.41, 5.74) is 4.33. The number of anilines is 1. The molecule has 1 aromatic heterocycles. The average molecular weight is 394 g/mol. The minimum Gasteiger partial charge on any atom is -0.324 e. The Hall–Kier alpha value is -2.24. The lowest BCUT2D eigenvalue weighted by Crippen LogP contribution is -2.33. The molecule has 3 aromatic rings. The van der Waals surface area contributed by atoms with Gasteiger partial charge in [-0.1, -0.05) is 44.2 Å². The Morgan fingerprint density at radius 2 is 2.07 bits per heavy atom. The van der Waals surface area contributed by atoms with E-state index in [9.17, 15) is 4.79 Å². The van der Waals surface area contributed by atoms with Crippen LogP contribution < -0.4 is 5.32 Å². The number of hydrogen-bond donors (Lipinski definition) is 1. The SMILES string of the molecule is Cc1cccc(C(C)C)c1NC(=O)CN1CCC[C@@H]1c1nc2ccccc2s1. The third-order valence-corrected chi connectivity index (χ3v) is 6.63. The van der Waals surface area contributed by atoms with Crippen LogP contribution in [0.1, 0.15) is 54.8 Å². The van der Waals surface area contributed by atoms with Gasteiger partial charge in [0.05, 0.1) is 22.8 Å². The molecule has 0 spiro atoms. The van der Waals surface area contributed by atoms with E-state index in [1.165, 1.54) is 10.3 Å². The monoisotopic (exact) mass is 393 g/mol. The van der Waals surface area contributed by atoms with E-state index in [-0.39, 0.29) is 11.9 Å². The van der Waals surface area contributed by atoms with E-state index in [2.05, 4.69) is 67.4 Å². The zero-order valence-electron chi connectivity index (χ0n) is 16.7. The van der Waals surface area contributed by atoms with Crippen molar-refractivity contribution in [2.24, 2.45) is 0 Å². The zero-order chi connectivity index (χ0) is 19.7. The van der Waals surface area contributed by atoms with Gasteiger partial charge in [-0.05, 0) is 55.5 Å². The van der Waals surface area contributed by atoms with Gasteiger partial charge in [0.2, 0.25) is 5.91 Å². The lowest BCUT2D eigenvalue weighted by Gasteiger charge is -2.23. The Labute approximate surface area is 170 Å². The van der Waals surface area contributed by atoms with Crippen LogP contribution in [0, 0.1) is 6.92 Å². The van der Waals surface area contributed by atoms with Crippen LogP contribution in [0.4, 0.5) is 5.69 Å². The van der Waals surface area contributed by atoms with Gasteiger partial charge in [-0.2, -0.15) is 0 Å². The van der Waals surface area contributed by atoms with Gasteiger partial charge in [-0.15, -0.1) is 11.3 Å². The largest absolute Gasteiger partial charge is 0.324 e. The topological polar surface area (TPSA) is 45.2 Å². The van der Waals surface area contributed by atoms with Gasteiger partial charge < -0.3 is 5.32 Å². The quantitative estimate of drug-likeness (QED) is 0.622. The highest BCUT2D eigenvalue weighted by Gasteiger charge is 2.30. The fourth-order valence-electron chi connectivity index (χ4n) is 4.03. The molecule has 1 aliphatic rings. The first kappa shape index (κ1) is 19.1. The summed E-state index contributed by atoms with van der Waals surface area (Å²) in [6.07, 6.45) is 2.17. The smallest absolute Gasteiger partial charge is 0.238 e. The van der Waals surface area contributed by atoms with E-state index in [4.69, 9.17) is 4.98 Å². The van der Waals surface area contributed by atoms with Crippen molar-refractivity contribution in [2.75, 3.05) is 18.4 Å². The van der Waals surface area contributed by atoms with Crippen LogP contribution in [0.25, 0.3) is 10.2 Å². The van der Waals surface area contributed by atoms with Gasteiger partial charge in [0, 0.05) is 5.69 Å². The van der Waals surface area contributed by atoms with E-state index >= 15 is 0 Å². The summed E-state index contributed by atoms with van der Waals surface area (Å²) in [4.78, 5) is 20.0. The Morgan fingerprint density at radius 1 is 1.25 bits per heavy atom. The minimum absolute atomic E-state index is 0.0595. The molecule has 1 saturated heterocycles. The van der Waals surface area contributed by atoms with E-state index in [0.29, 0.717) is 12.5 Å². The molecule has 0 saturated carbocycles. The number of aryl methyl sites for hydroxylation is 1. The average Bonchev–Trinajstić information content (AvgIpc) is 3.29. The van der Waals surface area contributed by atoms with Crippen molar-refractivity contribution >= 4 is 33.1 Å². The van der Waals surface area contributed by atoms with Gasteiger partial charge >= 0.3 is 0 Å². The maximum atomic E-state index is 12.9. The number of rotatable bonds is 5. The van der Waals surface area contributed by atoms with Gasteiger partial charge in [0.25, 0.3) is 0 Å². The van der Waals surface area contributed by atoms with Crippen molar-refractivity contribution in [3.8, 4) is 0 Å². The lowest BCUT2D eigenvalue weighted by molar-refractivity contribution is -0.117. The maximum Gasteiger partial charge on any atom is 0.238 e. The van der Waals surface area contributed by atoms with Crippen LogP contribution in [0.2, 0.25) is 0 Å². The van der Waals surface area contributed by atoms with Crippen LogP contribution in [-0.2, 0) is 4.79 Å². The van der Waals surface area contributed by atoms with Crippen molar-refractivity contribution in [2.45, 2.75) is 45.6 Å². The third-order valence-electron chi connectivity index (χ3n) is 5.50. The number of likely N-dealkylation sites (tertiary alicyclic amines) is 1. The number of carbonyl (C=O) groups excluding carboxylic acids is 1. The molecule has 4 rings (SSSR count). The predicted octanol–water partition coefficient (Wildman–Crippen LogP) is 5.50. The molecule has 2 aromatic carbocycles. The molecule has 1 N–H and O–H groups in total. The van der Waals surface area contributed by atoms with E-state index in [1.54, 1.807) is 11.3 Å². The second-order valence-electron chi connectivity index (χ2n) is 7.89. The van der Waals surface area contributed by atoms with Gasteiger partial charge in [-0.25, -0.2) is 4.98 Å². The highest BCUT2D eigenvalue weighted by molar-refractivity contribution is 7.18. The van der Waals surface area contributed by atoms with Crippen molar-refractivity contribution in [1.29, 1.82) is 0 Å². The molecule has 0 aliphatic carbocycles. The number of benzene rings is 2. The van der Waals surface area contributed by atoms with Crippen LogP contribution >= 0.6 is 11.3 Å². The second-order valence-corrected chi connectivity index (χ2v) is 8.95.